The van der Waals surface area contributed by atoms with Crippen LogP contribution in [-0.2, 0) is 11.1 Å². The standard InChI is InChI=1S/C26H24ClN7O4S/c27-17-3-6-22-21(13-17)23(31-26(30-22)32-25(28)29)15-1-4-18(5-2-15)33-7-9-34(10-8-33)19-11-16(24(35)36)12-20(14-19)39(37)38/h1-6,11-14H,7-10H2,(H,35,36)(H,37,38)(H4,28,29,30,31,32). The van der Waals surface area contributed by atoms with Crippen LogP contribution < -0.4 is 21.3 Å². The number of hydrogen-bond donors (Lipinski definition) is 4. The molecule has 1 atom stereocenters. The zero-order chi connectivity index (χ0) is 27.7. The van der Waals surface area contributed by atoms with Crippen molar-refractivity contribution in [2.75, 3.05) is 36.0 Å². The molecular formula is C26H24ClN7O4S. The van der Waals surface area contributed by atoms with Gasteiger partial charge in [0, 0.05) is 53.5 Å². The van der Waals surface area contributed by atoms with Crippen molar-refractivity contribution in [3.63, 3.8) is 0 Å². The van der Waals surface area contributed by atoms with Crippen LogP contribution in [0.4, 0.5) is 17.3 Å². The summed E-state index contributed by atoms with van der Waals surface area (Å²) < 4.78 is 21.1. The topological polar surface area (TPSA) is 171 Å². The van der Waals surface area contributed by atoms with Gasteiger partial charge in [-0.05, 0) is 48.5 Å². The van der Waals surface area contributed by atoms with Gasteiger partial charge in [0.1, 0.15) is 0 Å². The van der Waals surface area contributed by atoms with Crippen LogP contribution in [0.3, 0.4) is 0 Å². The third kappa shape index (κ3) is 5.77. The minimum absolute atomic E-state index is 0.0237. The zero-order valence-corrected chi connectivity index (χ0v) is 22.1. The molecule has 3 aromatic carbocycles. The van der Waals surface area contributed by atoms with Gasteiger partial charge in [0.15, 0.2) is 17.0 Å². The molecule has 2 heterocycles. The number of carboxylic acid groups (broad SMARTS) is 1. The lowest BCUT2D eigenvalue weighted by atomic mass is 10.1. The van der Waals surface area contributed by atoms with E-state index in [-0.39, 0.29) is 22.4 Å². The number of halogens is 1. The van der Waals surface area contributed by atoms with E-state index in [0.717, 1.165) is 16.6 Å². The lowest BCUT2D eigenvalue weighted by Gasteiger charge is -2.37. The second kappa shape index (κ2) is 10.8. The number of rotatable bonds is 6. The number of aliphatic imine (C=N–C) groups is 1. The average Bonchev–Trinajstić information content (AvgIpc) is 2.92. The fourth-order valence-corrected chi connectivity index (χ4v) is 5.14. The Bertz CT molecular complexity index is 1590. The monoisotopic (exact) mass is 565 g/mol. The maximum Gasteiger partial charge on any atom is 0.335 e. The number of guanidine groups is 1. The SMILES string of the molecule is NC(N)=Nc1nc(-c2ccc(N3CCN(c4cc(C(=O)O)cc(S(=O)O)c4)CC3)cc2)c2cc(Cl)ccc2n1. The Balaban J connectivity index is 1.37. The molecule has 0 radical (unpaired) electrons. The van der Waals surface area contributed by atoms with Crippen molar-refractivity contribution in [1.82, 2.24) is 9.97 Å². The minimum atomic E-state index is -2.28. The summed E-state index contributed by atoms with van der Waals surface area (Å²) >= 11 is 3.97. The van der Waals surface area contributed by atoms with Crippen LogP contribution in [0.1, 0.15) is 10.4 Å². The van der Waals surface area contributed by atoms with Gasteiger partial charge in [0.25, 0.3) is 5.95 Å². The number of aromatic nitrogens is 2. The highest BCUT2D eigenvalue weighted by molar-refractivity contribution is 7.79. The van der Waals surface area contributed by atoms with Crippen molar-refractivity contribution >= 4 is 62.8 Å². The molecule has 0 amide bonds. The molecule has 4 aromatic rings. The Morgan fingerprint density at radius 2 is 1.59 bits per heavy atom. The minimum Gasteiger partial charge on any atom is -0.478 e. The number of nitrogens with two attached hydrogens (primary N) is 2. The second-order valence-corrected chi connectivity index (χ2v) is 10.3. The highest BCUT2D eigenvalue weighted by Gasteiger charge is 2.21. The molecule has 1 fully saturated rings. The van der Waals surface area contributed by atoms with E-state index < -0.39 is 17.0 Å². The molecule has 1 aliphatic heterocycles. The van der Waals surface area contributed by atoms with E-state index >= 15 is 0 Å². The summed E-state index contributed by atoms with van der Waals surface area (Å²) in [6.07, 6.45) is 0. The molecule has 5 rings (SSSR count). The van der Waals surface area contributed by atoms with Crippen LogP contribution >= 0.6 is 11.6 Å². The maximum atomic E-state index is 11.6. The van der Waals surface area contributed by atoms with E-state index in [0.29, 0.717) is 48.1 Å². The first kappa shape index (κ1) is 26.4. The Kier molecular flexibility index (Phi) is 7.33. The molecule has 39 heavy (non-hydrogen) atoms. The first-order valence-electron chi connectivity index (χ1n) is 11.8. The zero-order valence-electron chi connectivity index (χ0n) is 20.5. The summed E-state index contributed by atoms with van der Waals surface area (Å²) in [6.45, 7) is 2.57. The van der Waals surface area contributed by atoms with Gasteiger partial charge < -0.3 is 30.9 Å². The smallest absolute Gasteiger partial charge is 0.335 e. The third-order valence-corrected chi connectivity index (χ3v) is 7.24. The molecule has 11 nitrogen and oxygen atoms in total. The van der Waals surface area contributed by atoms with Crippen LogP contribution in [0, 0.1) is 0 Å². The molecule has 1 aromatic heterocycles. The van der Waals surface area contributed by atoms with Crippen LogP contribution in [0.5, 0.6) is 0 Å². The van der Waals surface area contributed by atoms with Gasteiger partial charge in [-0.25, -0.2) is 19.0 Å². The van der Waals surface area contributed by atoms with Crippen molar-refractivity contribution < 1.29 is 18.7 Å². The van der Waals surface area contributed by atoms with Crippen molar-refractivity contribution in [1.29, 1.82) is 0 Å². The average molecular weight is 566 g/mol. The fraction of sp³-hybridized carbons (Fsp3) is 0.154. The molecule has 200 valence electrons. The largest absolute Gasteiger partial charge is 0.478 e. The summed E-state index contributed by atoms with van der Waals surface area (Å²) in [4.78, 5) is 28.7. The Morgan fingerprint density at radius 3 is 2.21 bits per heavy atom. The van der Waals surface area contributed by atoms with Crippen molar-refractivity contribution in [2.45, 2.75) is 4.90 Å². The van der Waals surface area contributed by atoms with Crippen molar-refractivity contribution in [3.05, 3.63) is 71.2 Å². The number of nitrogens with zero attached hydrogens (tertiary/aromatic N) is 5. The van der Waals surface area contributed by atoms with Gasteiger partial charge in [-0.15, -0.1) is 0 Å². The highest BCUT2D eigenvalue weighted by Crippen LogP contribution is 2.32. The quantitative estimate of drug-likeness (QED) is 0.154. The van der Waals surface area contributed by atoms with Gasteiger partial charge in [-0.3, -0.25) is 0 Å². The summed E-state index contributed by atoms with van der Waals surface area (Å²) in [7, 11) is 0. The Hall–Kier alpha value is -4.26. The van der Waals surface area contributed by atoms with E-state index in [4.69, 9.17) is 23.1 Å². The Morgan fingerprint density at radius 1 is 0.923 bits per heavy atom. The normalized spacial score (nSPS) is 14.3. The predicted molar refractivity (Wildman–Crippen MR) is 152 cm³/mol. The number of aromatic carboxylic acids is 1. The summed E-state index contributed by atoms with van der Waals surface area (Å²) in [5, 5.41) is 10.7. The van der Waals surface area contributed by atoms with Gasteiger partial charge in [-0.2, -0.15) is 4.99 Å². The maximum absolute atomic E-state index is 11.6. The Labute approximate surface area is 231 Å². The van der Waals surface area contributed by atoms with Gasteiger partial charge in [0.2, 0.25) is 0 Å². The molecule has 1 aliphatic rings. The summed E-state index contributed by atoms with van der Waals surface area (Å²) in [5.41, 5.74) is 14.8. The lowest BCUT2D eigenvalue weighted by molar-refractivity contribution is 0.0696. The van der Waals surface area contributed by atoms with Gasteiger partial charge in [-0.1, -0.05) is 23.7 Å². The van der Waals surface area contributed by atoms with E-state index in [1.807, 2.05) is 29.2 Å². The molecule has 0 spiro atoms. The van der Waals surface area contributed by atoms with Crippen LogP contribution in [0.15, 0.2) is 70.6 Å². The molecule has 13 heteroatoms. The first-order chi connectivity index (χ1) is 18.7. The number of benzene rings is 3. The first-order valence-corrected chi connectivity index (χ1v) is 13.3. The molecule has 1 saturated heterocycles. The number of carbonyl (C=O) groups is 1. The number of fused-ring (bicyclic) bond motifs is 1. The van der Waals surface area contributed by atoms with Gasteiger partial charge >= 0.3 is 5.97 Å². The number of carboxylic acids is 1. The van der Waals surface area contributed by atoms with Crippen molar-refractivity contribution in [3.8, 4) is 11.3 Å². The number of hydrogen-bond acceptors (Lipinski definition) is 7. The molecule has 6 N–H and O–H groups in total. The molecule has 0 aliphatic carbocycles. The molecule has 0 bridgehead atoms. The molecular weight excluding hydrogens is 542 g/mol. The lowest BCUT2D eigenvalue weighted by Crippen LogP contribution is -2.46. The van der Waals surface area contributed by atoms with E-state index in [1.165, 1.54) is 12.1 Å². The molecule has 1 unspecified atom stereocenters. The van der Waals surface area contributed by atoms with Crippen LogP contribution in [-0.4, -0.2) is 61.9 Å². The number of anilines is 2. The van der Waals surface area contributed by atoms with Crippen LogP contribution in [0.2, 0.25) is 5.02 Å². The third-order valence-electron chi connectivity index (χ3n) is 6.37. The highest BCUT2D eigenvalue weighted by atomic mass is 35.5. The molecule has 0 saturated carbocycles. The summed E-state index contributed by atoms with van der Waals surface area (Å²) in [5.74, 6) is -1.13. The second-order valence-electron chi connectivity index (χ2n) is 8.86. The predicted octanol–water partition coefficient (Wildman–Crippen LogP) is 3.46. The number of piperazine rings is 1. The van der Waals surface area contributed by atoms with Crippen LogP contribution in [0.25, 0.3) is 22.2 Å². The van der Waals surface area contributed by atoms with E-state index in [1.54, 1.807) is 24.3 Å². The summed E-state index contributed by atoms with van der Waals surface area (Å²) in [6, 6.07) is 17.6. The van der Waals surface area contributed by atoms with Gasteiger partial charge in [0.05, 0.1) is 21.7 Å². The fourth-order valence-electron chi connectivity index (χ4n) is 4.52. The van der Waals surface area contributed by atoms with E-state index in [2.05, 4.69) is 19.9 Å². The van der Waals surface area contributed by atoms with E-state index in [9.17, 15) is 18.7 Å². The van der Waals surface area contributed by atoms with Crippen molar-refractivity contribution in [2.24, 2.45) is 16.5 Å².